The van der Waals surface area contributed by atoms with Gasteiger partial charge in [-0.05, 0) is 55.4 Å². The summed E-state index contributed by atoms with van der Waals surface area (Å²) in [5.41, 5.74) is 16.9. The van der Waals surface area contributed by atoms with E-state index in [9.17, 15) is 0 Å². The van der Waals surface area contributed by atoms with Gasteiger partial charge in [-0.1, -0.05) is 74.9 Å². The van der Waals surface area contributed by atoms with E-state index in [4.69, 9.17) is 16.9 Å². The molecule has 1 saturated carbocycles. The van der Waals surface area contributed by atoms with Crippen LogP contribution < -0.4 is 11.5 Å². The molecule has 2 aromatic carbocycles. The van der Waals surface area contributed by atoms with Crippen molar-refractivity contribution in [2.45, 2.75) is 71.3 Å². The molecule has 3 nitrogen and oxygen atoms in total. The van der Waals surface area contributed by atoms with Crippen LogP contribution >= 0.6 is 0 Å². The van der Waals surface area contributed by atoms with Crippen LogP contribution in [0.1, 0.15) is 80.2 Å². The van der Waals surface area contributed by atoms with Crippen LogP contribution in [0.4, 0.5) is 5.69 Å². The molecule has 152 valence electrons. The van der Waals surface area contributed by atoms with Crippen molar-refractivity contribution in [1.82, 2.24) is 0 Å². The average molecular weight is 380 g/mol. The molecule has 0 aromatic heterocycles. The van der Waals surface area contributed by atoms with Gasteiger partial charge in [-0.25, -0.2) is 0 Å². The van der Waals surface area contributed by atoms with E-state index >= 15 is 0 Å². The van der Waals surface area contributed by atoms with Crippen LogP contribution in [0.2, 0.25) is 0 Å². The number of nitrogens with one attached hydrogen (secondary N) is 1. The predicted molar refractivity (Wildman–Crippen MR) is 122 cm³/mol. The van der Waals surface area contributed by atoms with Gasteiger partial charge < -0.3 is 16.9 Å². The third-order valence-corrected chi connectivity index (χ3v) is 5.71. The number of nitrogens with two attached hydrogens (primary N) is 2. The number of rotatable bonds is 1. The lowest BCUT2D eigenvalue weighted by Crippen LogP contribution is -2.16. The zero-order chi connectivity index (χ0) is 20.4. The summed E-state index contributed by atoms with van der Waals surface area (Å²) in [4.78, 5) is 0. The molecule has 1 atom stereocenters. The predicted octanol–water partition coefficient (Wildman–Crippen LogP) is 6.18. The third-order valence-electron chi connectivity index (χ3n) is 5.71. The van der Waals surface area contributed by atoms with E-state index in [-0.39, 0.29) is 0 Å². The maximum atomic E-state index is 6.98. The summed E-state index contributed by atoms with van der Waals surface area (Å²) in [5.74, 6) is 1.04. The Morgan fingerprint density at radius 2 is 1.68 bits per heavy atom. The van der Waals surface area contributed by atoms with Crippen molar-refractivity contribution in [1.29, 1.82) is 5.41 Å². The van der Waals surface area contributed by atoms with Crippen LogP contribution in [0, 0.1) is 18.3 Å². The molecule has 0 amide bonds. The standard InChI is InChI=1S/C10H13N.C8H10N2.C7H14/c11-10-7-3-5-8-4-1-2-6-9(8)10;1-6-2-3-8(10)7(4-6)5-9;1-7-5-3-2-4-6-7/h1-2,4,6,10H,3,5,7,11H2;2-5,9H,10H2,1H3;7H,2-6H2,1H3. The number of fused-ring (bicyclic) bond motifs is 1. The lowest BCUT2D eigenvalue weighted by Gasteiger charge is -2.21. The Morgan fingerprint density at radius 3 is 2.25 bits per heavy atom. The fraction of sp³-hybridized carbons (Fsp3) is 0.480. The molecule has 2 aromatic rings. The van der Waals surface area contributed by atoms with Gasteiger partial charge >= 0.3 is 0 Å². The Bertz CT molecular complexity index is 732. The van der Waals surface area contributed by atoms with Gasteiger partial charge in [0.15, 0.2) is 0 Å². The van der Waals surface area contributed by atoms with Crippen molar-refractivity contribution in [3.8, 4) is 0 Å². The van der Waals surface area contributed by atoms with E-state index in [2.05, 4.69) is 31.2 Å². The molecule has 0 radical (unpaired) electrons. The number of hydrogen-bond acceptors (Lipinski definition) is 3. The Balaban J connectivity index is 0.000000154. The Morgan fingerprint density at radius 1 is 0.964 bits per heavy atom. The van der Waals surface area contributed by atoms with Crippen LogP contribution in [0.25, 0.3) is 0 Å². The highest BCUT2D eigenvalue weighted by Crippen LogP contribution is 2.27. The molecule has 0 bridgehead atoms. The van der Waals surface area contributed by atoms with E-state index in [1.807, 2.05) is 25.1 Å². The summed E-state index contributed by atoms with van der Waals surface area (Å²) in [7, 11) is 0. The fourth-order valence-corrected chi connectivity index (χ4v) is 3.92. The van der Waals surface area contributed by atoms with Gasteiger partial charge in [0.1, 0.15) is 0 Å². The fourth-order valence-electron chi connectivity index (χ4n) is 3.92. The number of nitrogen functional groups attached to an aromatic ring is 1. The zero-order valence-corrected chi connectivity index (χ0v) is 17.6. The normalized spacial score (nSPS) is 18.6. The van der Waals surface area contributed by atoms with Gasteiger partial charge in [-0.2, -0.15) is 0 Å². The molecule has 3 heteroatoms. The lowest BCUT2D eigenvalue weighted by molar-refractivity contribution is 0.385. The molecular weight excluding hydrogens is 342 g/mol. The summed E-state index contributed by atoms with van der Waals surface area (Å²) in [6, 6.07) is 14.4. The first-order valence-electron chi connectivity index (χ1n) is 10.7. The van der Waals surface area contributed by atoms with E-state index in [1.54, 1.807) is 0 Å². The first-order valence-corrected chi connectivity index (χ1v) is 10.7. The smallest absolute Gasteiger partial charge is 0.0403 e. The van der Waals surface area contributed by atoms with Gasteiger partial charge in [0.2, 0.25) is 0 Å². The van der Waals surface area contributed by atoms with E-state index in [1.165, 1.54) is 62.3 Å². The molecule has 1 fully saturated rings. The molecule has 0 saturated heterocycles. The SMILES string of the molecule is CC1CCCCC1.Cc1ccc(N)c(C=N)c1.NC1CCCc2ccccc21. The quantitative estimate of drug-likeness (QED) is 0.408. The van der Waals surface area contributed by atoms with Gasteiger partial charge in [0.05, 0.1) is 0 Å². The molecule has 0 heterocycles. The van der Waals surface area contributed by atoms with Gasteiger partial charge in [-0.15, -0.1) is 0 Å². The number of hydrogen-bond donors (Lipinski definition) is 3. The van der Waals surface area contributed by atoms with Gasteiger partial charge in [-0.3, -0.25) is 0 Å². The van der Waals surface area contributed by atoms with Crippen LogP contribution in [-0.4, -0.2) is 6.21 Å². The molecule has 2 aliphatic carbocycles. The molecular formula is C25H37N3. The first-order chi connectivity index (χ1) is 13.5. The Labute approximate surface area is 171 Å². The Hall–Kier alpha value is -2.13. The largest absolute Gasteiger partial charge is 0.398 e. The molecule has 2 aliphatic rings. The number of benzene rings is 2. The van der Waals surface area contributed by atoms with Crippen molar-refractivity contribution in [3.63, 3.8) is 0 Å². The van der Waals surface area contributed by atoms with Crippen molar-refractivity contribution in [2.75, 3.05) is 5.73 Å². The second kappa shape index (κ2) is 11.7. The Kier molecular flexibility index (Phi) is 9.22. The van der Waals surface area contributed by atoms with Crippen LogP contribution in [0.3, 0.4) is 0 Å². The molecule has 4 rings (SSSR count). The van der Waals surface area contributed by atoms with Crippen molar-refractivity contribution < 1.29 is 0 Å². The monoisotopic (exact) mass is 379 g/mol. The first kappa shape index (κ1) is 22.2. The summed E-state index contributed by atoms with van der Waals surface area (Å²) in [6.45, 7) is 4.34. The van der Waals surface area contributed by atoms with Crippen molar-refractivity contribution in [2.24, 2.45) is 11.7 Å². The third kappa shape index (κ3) is 7.12. The van der Waals surface area contributed by atoms with E-state index in [0.717, 1.165) is 23.5 Å². The van der Waals surface area contributed by atoms with Crippen molar-refractivity contribution in [3.05, 3.63) is 64.7 Å². The minimum atomic E-state index is 0.292. The maximum absolute atomic E-state index is 6.98. The summed E-state index contributed by atoms with van der Waals surface area (Å²) >= 11 is 0. The minimum Gasteiger partial charge on any atom is -0.398 e. The number of aryl methyl sites for hydroxylation is 2. The molecule has 0 spiro atoms. The van der Waals surface area contributed by atoms with E-state index < -0.39 is 0 Å². The molecule has 5 N–H and O–H groups in total. The van der Waals surface area contributed by atoms with Crippen LogP contribution in [0.15, 0.2) is 42.5 Å². The van der Waals surface area contributed by atoms with Crippen LogP contribution in [0.5, 0.6) is 0 Å². The van der Waals surface area contributed by atoms with Crippen LogP contribution in [-0.2, 0) is 6.42 Å². The molecule has 1 unspecified atom stereocenters. The molecule has 28 heavy (non-hydrogen) atoms. The lowest BCUT2D eigenvalue weighted by atomic mass is 9.88. The second-order valence-electron chi connectivity index (χ2n) is 8.22. The highest BCUT2D eigenvalue weighted by atomic mass is 14.6. The highest BCUT2D eigenvalue weighted by Gasteiger charge is 2.14. The van der Waals surface area contributed by atoms with Crippen molar-refractivity contribution >= 4 is 11.9 Å². The summed E-state index contributed by atoms with van der Waals surface area (Å²) in [6.07, 6.45) is 12.3. The summed E-state index contributed by atoms with van der Waals surface area (Å²) < 4.78 is 0. The van der Waals surface area contributed by atoms with Gasteiger partial charge in [0.25, 0.3) is 0 Å². The van der Waals surface area contributed by atoms with Gasteiger partial charge in [0, 0.05) is 23.5 Å². The highest BCUT2D eigenvalue weighted by molar-refractivity contribution is 5.84. The second-order valence-corrected chi connectivity index (χ2v) is 8.22. The minimum absolute atomic E-state index is 0.292. The maximum Gasteiger partial charge on any atom is 0.0403 e. The van der Waals surface area contributed by atoms with E-state index in [0.29, 0.717) is 11.7 Å². The zero-order valence-electron chi connectivity index (χ0n) is 17.6. The molecule has 0 aliphatic heterocycles. The summed E-state index contributed by atoms with van der Waals surface area (Å²) in [5, 5.41) is 6.98. The topological polar surface area (TPSA) is 75.9 Å². The average Bonchev–Trinajstić information content (AvgIpc) is 2.72. The number of anilines is 1.